The van der Waals surface area contributed by atoms with Crippen molar-refractivity contribution in [2.75, 3.05) is 6.61 Å². The minimum absolute atomic E-state index is 0.0184. The number of carbonyl (C=O) groups is 4. The summed E-state index contributed by atoms with van der Waals surface area (Å²) in [7, 11) is 0. The van der Waals surface area contributed by atoms with Crippen LogP contribution in [-0.4, -0.2) is 81.9 Å². The Balaban J connectivity index is 1.76. The Hall–Kier alpha value is -3.68. The van der Waals surface area contributed by atoms with Gasteiger partial charge in [0.15, 0.2) is 6.10 Å². The van der Waals surface area contributed by atoms with Gasteiger partial charge in [-0.25, -0.2) is 9.59 Å². The molecule has 0 amide bonds. The van der Waals surface area contributed by atoms with Crippen LogP contribution in [0.3, 0.4) is 0 Å². The van der Waals surface area contributed by atoms with Gasteiger partial charge in [0.1, 0.15) is 42.4 Å². The van der Waals surface area contributed by atoms with Crippen LogP contribution in [0.2, 0.25) is 0 Å². The van der Waals surface area contributed by atoms with Crippen molar-refractivity contribution in [3.8, 4) is 0 Å². The lowest BCUT2D eigenvalue weighted by Crippen LogP contribution is -2.83. The van der Waals surface area contributed by atoms with E-state index >= 15 is 0 Å². The number of hydrogen-bond donors (Lipinski definition) is 2. The molecule has 2 aliphatic carbocycles. The van der Waals surface area contributed by atoms with E-state index in [9.17, 15) is 29.4 Å². The Bertz CT molecular complexity index is 1410. The summed E-state index contributed by atoms with van der Waals surface area (Å²) in [4.78, 5) is 52.8. The van der Waals surface area contributed by atoms with E-state index in [2.05, 4.69) is 0 Å². The highest BCUT2D eigenvalue weighted by molar-refractivity contribution is 5.90. The third-order valence-corrected chi connectivity index (χ3v) is 9.89. The first-order chi connectivity index (χ1) is 21.1. The van der Waals surface area contributed by atoms with Crippen LogP contribution in [0.25, 0.3) is 0 Å². The maximum atomic E-state index is 13.6. The first-order valence-electron chi connectivity index (χ1n) is 15.0. The molecule has 3 fully saturated rings. The molecule has 0 aromatic carbocycles. The second-order valence-electron chi connectivity index (χ2n) is 13.1. The lowest BCUT2D eigenvalue weighted by molar-refractivity contribution is -0.354. The fourth-order valence-corrected chi connectivity index (χ4v) is 7.50. The minimum Gasteiger partial charge on any atom is -0.472 e. The molecule has 0 radical (unpaired) electrons. The van der Waals surface area contributed by atoms with Gasteiger partial charge in [0.25, 0.3) is 0 Å². The molecular formula is C32H40O13. The van der Waals surface area contributed by atoms with E-state index < -0.39 is 89.0 Å². The number of furan rings is 2. The molecular weight excluding hydrogens is 592 g/mol. The molecule has 3 heterocycles. The summed E-state index contributed by atoms with van der Waals surface area (Å²) in [6.07, 6.45) is -0.719. The number of aliphatic hydroxyl groups is 2. The topological polar surface area (TPSA) is 181 Å². The molecule has 45 heavy (non-hydrogen) atoms. The van der Waals surface area contributed by atoms with E-state index in [1.54, 1.807) is 27.7 Å². The van der Waals surface area contributed by atoms with Crippen LogP contribution in [0, 0.1) is 17.3 Å². The Morgan fingerprint density at radius 2 is 1.60 bits per heavy atom. The zero-order valence-corrected chi connectivity index (χ0v) is 26.1. The van der Waals surface area contributed by atoms with Crippen molar-refractivity contribution in [3.05, 3.63) is 48.3 Å². The Labute approximate surface area is 260 Å². The smallest absolute Gasteiger partial charge is 0.341 e. The van der Waals surface area contributed by atoms with Crippen molar-refractivity contribution < 1.29 is 61.9 Å². The van der Waals surface area contributed by atoms with E-state index in [1.807, 2.05) is 0 Å². The monoisotopic (exact) mass is 632 g/mol. The lowest BCUT2D eigenvalue weighted by atomic mass is 9.46. The standard InChI is InChI=1S/C32H40O13/c1-7-17(2)26(35)42-22-13-30(6,38)32-24(34)21(29(4,5)45-32)12-23(43-27(36)19-8-10-39-14-19)31(32,16-41-18(3)33)25(22)44-28(37)20-9-11-40-15-20/h8-11,14-15,17,21-25,34,38H,7,12-13,16H2,1-6H3. The summed E-state index contributed by atoms with van der Waals surface area (Å²) >= 11 is 0. The summed E-state index contributed by atoms with van der Waals surface area (Å²) in [5.74, 6) is -4.34. The van der Waals surface area contributed by atoms with Gasteiger partial charge in [0.2, 0.25) is 0 Å². The average molecular weight is 633 g/mol. The predicted molar refractivity (Wildman–Crippen MR) is 151 cm³/mol. The van der Waals surface area contributed by atoms with Crippen LogP contribution in [0.4, 0.5) is 0 Å². The molecule has 1 saturated heterocycles. The molecule has 9 unspecified atom stereocenters. The molecule has 13 nitrogen and oxygen atoms in total. The normalized spacial score (nSPS) is 35.5. The molecule has 2 aromatic rings. The van der Waals surface area contributed by atoms with Gasteiger partial charge in [-0.2, -0.15) is 0 Å². The van der Waals surface area contributed by atoms with Crippen LogP contribution in [-0.2, 0) is 33.3 Å². The number of carbonyl (C=O) groups excluding carboxylic acids is 4. The molecule has 246 valence electrons. The van der Waals surface area contributed by atoms with Crippen molar-refractivity contribution >= 4 is 23.9 Å². The summed E-state index contributed by atoms with van der Waals surface area (Å²) in [6, 6.07) is 2.76. The Morgan fingerprint density at radius 1 is 1.00 bits per heavy atom. The van der Waals surface area contributed by atoms with Crippen molar-refractivity contribution in [1.29, 1.82) is 0 Å². The largest absolute Gasteiger partial charge is 0.472 e. The number of fused-ring (bicyclic) bond motifs is 1. The summed E-state index contributed by atoms with van der Waals surface area (Å²) in [6.45, 7) is 8.84. The van der Waals surface area contributed by atoms with Crippen molar-refractivity contribution in [2.45, 2.75) is 102 Å². The fraction of sp³-hybridized carbons (Fsp3) is 0.625. The number of hydrogen-bond acceptors (Lipinski definition) is 13. The third-order valence-electron chi connectivity index (χ3n) is 9.89. The quantitative estimate of drug-likeness (QED) is 0.304. The predicted octanol–water partition coefficient (Wildman–Crippen LogP) is 3.21. The zero-order valence-electron chi connectivity index (χ0n) is 26.1. The van der Waals surface area contributed by atoms with Gasteiger partial charge >= 0.3 is 23.9 Å². The van der Waals surface area contributed by atoms with E-state index in [1.165, 1.54) is 37.8 Å². The maximum absolute atomic E-state index is 13.6. The first-order valence-corrected chi connectivity index (χ1v) is 15.0. The second-order valence-corrected chi connectivity index (χ2v) is 13.1. The molecule has 13 heteroatoms. The van der Waals surface area contributed by atoms with E-state index in [0.29, 0.717) is 6.42 Å². The first kappa shape index (κ1) is 32.7. The molecule has 5 rings (SSSR count). The average Bonchev–Trinajstić information content (AvgIpc) is 3.72. The van der Waals surface area contributed by atoms with Crippen molar-refractivity contribution in [3.63, 3.8) is 0 Å². The molecule has 1 spiro atoms. The SMILES string of the molecule is CCC(C)C(=O)OC1CC(C)(O)C23OC(C)(C)C(CC(OC(=O)c4ccoc4)C2(COC(C)=O)C1OC(=O)c1ccoc1)C3O. The molecule has 2 aromatic heterocycles. The molecule has 2 bridgehead atoms. The van der Waals surface area contributed by atoms with Gasteiger partial charge in [-0.05, 0) is 45.7 Å². The number of rotatable bonds is 9. The van der Waals surface area contributed by atoms with Crippen molar-refractivity contribution in [2.24, 2.45) is 17.3 Å². The maximum Gasteiger partial charge on any atom is 0.341 e. The fourth-order valence-electron chi connectivity index (χ4n) is 7.50. The van der Waals surface area contributed by atoms with Gasteiger partial charge < -0.3 is 42.7 Å². The summed E-state index contributed by atoms with van der Waals surface area (Å²) < 4.78 is 40.7. The van der Waals surface area contributed by atoms with Crippen LogP contribution >= 0.6 is 0 Å². The van der Waals surface area contributed by atoms with Gasteiger partial charge in [-0.3, -0.25) is 9.59 Å². The lowest BCUT2D eigenvalue weighted by Gasteiger charge is -2.65. The van der Waals surface area contributed by atoms with E-state index in [-0.39, 0.29) is 24.0 Å². The molecule has 2 saturated carbocycles. The number of esters is 4. The van der Waals surface area contributed by atoms with Crippen LogP contribution in [0.15, 0.2) is 46.0 Å². The van der Waals surface area contributed by atoms with Gasteiger partial charge in [0.05, 0.1) is 46.9 Å². The Kier molecular flexibility index (Phi) is 8.43. The summed E-state index contributed by atoms with van der Waals surface area (Å²) in [5.41, 5.74) is -7.11. The highest BCUT2D eigenvalue weighted by Gasteiger charge is 2.85. The molecule has 2 N–H and O–H groups in total. The Morgan fingerprint density at radius 3 is 2.13 bits per heavy atom. The second kappa shape index (κ2) is 11.6. The highest BCUT2D eigenvalue weighted by atomic mass is 16.6. The third kappa shape index (κ3) is 5.14. The van der Waals surface area contributed by atoms with Gasteiger partial charge in [-0.1, -0.05) is 13.8 Å². The van der Waals surface area contributed by atoms with Crippen LogP contribution in [0.1, 0.15) is 81.5 Å². The number of aliphatic hydroxyl groups excluding tert-OH is 1. The highest BCUT2D eigenvalue weighted by Crippen LogP contribution is 2.68. The zero-order chi connectivity index (χ0) is 32.9. The van der Waals surface area contributed by atoms with E-state index in [0.717, 1.165) is 13.2 Å². The molecule has 1 aliphatic heterocycles. The van der Waals surface area contributed by atoms with Crippen molar-refractivity contribution in [1.82, 2.24) is 0 Å². The van der Waals surface area contributed by atoms with Gasteiger partial charge in [0, 0.05) is 19.3 Å². The molecule has 9 atom stereocenters. The van der Waals surface area contributed by atoms with Crippen LogP contribution in [0.5, 0.6) is 0 Å². The van der Waals surface area contributed by atoms with Crippen LogP contribution < -0.4 is 0 Å². The van der Waals surface area contributed by atoms with Gasteiger partial charge in [-0.15, -0.1) is 0 Å². The minimum atomic E-state index is -2.07. The summed E-state index contributed by atoms with van der Waals surface area (Å²) in [5, 5.41) is 24.5. The van der Waals surface area contributed by atoms with E-state index in [4.69, 9.17) is 32.5 Å². The number of ether oxygens (including phenoxy) is 5. The molecule has 3 aliphatic rings.